The Morgan fingerprint density at radius 3 is 1.29 bits per heavy atom. The molecule has 0 saturated carbocycles. The molecule has 0 atom stereocenters. The van der Waals surface area contributed by atoms with Crippen LogP contribution in [0.1, 0.15) is 0 Å². The molecule has 1 heterocycles. The molecule has 0 aliphatic rings. The van der Waals surface area contributed by atoms with Crippen molar-refractivity contribution in [1.82, 2.24) is 0 Å². The lowest BCUT2D eigenvalue weighted by Crippen LogP contribution is -2.74. The molecule has 1 aromatic heterocycles. The average Bonchev–Trinajstić information content (AvgIpc) is 3.59. The third kappa shape index (κ3) is 5.57. The lowest BCUT2D eigenvalue weighted by Gasteiger charge is -2.35. The van der Waals surface area contributed by atoms with Gasteiger partial charge >= 0.3 is 0 Å². The van der Waals surface area contributed by atoms with Gasteiger partial charge in [-0.2, -0.15) is 0 Å². The number of rotatable bonds is 8. The maximum Gasteiger partial charge on any atom is 0.179 e. The van der Waals surface area contributed by atoms with Gasteiger partial charge in [-0.3, -0.25) is 0 Å². The van der Waals surface area contributed by atoms with Crippen molar-refractivity contribution in [2.24, 2.45) is 0 Å². The highest BCUT2D eigenvalue weighted by Gasteiger charge is 2.41. The number of nitrogens with zero attached hydrogens (tertiary/aromatic N) is 1. The molecule has 8 aromatic carbocycles. The molecule has 3 heteroatoms. The van der Waals surface area contributed by atoms with Crippen LogP contribution < -0.4 is 25.6 Å². The molecule has 242 valence electrons. The Balaban J connectivity index is 1.22. The minimum Gasteiger partial charge on any atom is -0.310 e. The van der Waals surface area contributed by atoms with Crippen molar-refractivity contribution in [1.29, 1.82) is 0 Å². The van der Waals surface area contributed by atoms with Crippen LogP contribution in [0.3, 0.4) is 0 Å². The van der Waals surface area contributed by atoms with Crippen molar-refractivity contribution in [2.45, 2.75) is 0 Å². The summed E-state index contributed by atoms with van der Waals surface area (Å²) >= 11 is 1.86. The number of benzene rings is 8. The van der Waals surface area contributed by atoms with Gasteiger partial charge in [0.1, 0.15) is 0 Å². The molecule has 9 rings (SSSR count). The van der Waals surface area contributed by atoms with Crippen LogP contribution in [0.2, 0.25) is 0 Å². The molecule has 1 nitrogen and oxygen atoms in total. The summed E-state index contributed by atoms with van der Waals surface area (Å²) in [5.74, 6) is 0. The van der Waals surface area contributed by atoms with Crippen LogP contribution in [0.15, 0.2) is 212 Å². The second-order valence-electron chi connectivity index (χ2n) is 12.9. The van der Waals surface area contributed by atoms with E-state index in [9.17, 15) is 0 Å². The normalized spacial score (nSPS) is 11.5. The Morgan fingerprint density at radius 2 is 0.725 bits per heavy atom. The Kier molecular flexibility index (Phi) is 8.13. The minimum absolute atomic E-state index is 1.12. The topological polar surface area (TPSA) is 3.24 Å². The van der Waals surface area contributed by atoms with Gasteiger partial charge in [-0.15, -0.1) is 11.3 Å². The second-order valence-corrected chi connectivity index (χ2v) is 17.8. The van der Waals surface area contributed by atoms with Gasteiger partial charge in [0.05, 0.1) is 0 Å². The molecule has 51 heavy (non-hydrogen) atoms. The summed E-state index contributed by atoms with van der Waals surface area (Å²) < 4.78 is 2.62. The molecule has 9 aromatic rings. The molecule has 0 spiro atoms. The third-order valence-corrected chi connectivity index (χ3v) is 16.0. The van der Waals surface area contributed by atoms with Crippen molar-refractivity contribution in [3.8, 4) is 11.1 Å². The third-order valence-electron chi connectivity index (χ3n) is 10.0. The van der Waals surface area contributed by atoms with E-state index in [0.717, 1.165) is 17.1 Å². The van der Waals surface area contributed by atoms with E-state index in [4.69, 9.17) is 0 Å². The fourth-order valence-electron chi connectivity index (χ4n) is 7.66. The number of hydrogen-bond acceptors (Lipinski definition) is 2. The largest absolute Gasteiger partial charge is 0.310 e. The minimum atomic E-state index is -2.64. The number of fused-ring (bicyclic) bond motifs is 3. The van der Waals surface area contributed by atoms with E-state index in [2.05, 4.69) is 217 Å². The first kappa shape index (κ1) is 31.0. The molecule has 0 fully saturated rings. The Morgan fingerprint density at radius 1 is 0.314 bits per heavy atom. The van der Waals surface area contributed by atoms with E-state index in [1.165, 1.54) is 52.0 Å². The zero-order valence-electron chi connectivity index (χ0n) is 28.1. The molecule has 0 aliphatic carbocycles. The summed E-state index contributed by atoms with van der Waals surface area (Å²) in [6, 6.07) is 78.1. The monoisotopic (exact) mass is 685 g/mol. The average molecular weight is 686 g/mol. The van der Waals surface area contributed by atoms with Crippen molar-refractivity contribution in [3.63, 3.8) is 0 Å². The van der Waals surface area contributed by atoms with Gasteiger partial charge in [0.15, 0.2) is 8.07 Å². The van der Waals surface area contributed by atoms with Gasteiger partial charge in [-0.25, -0.2) is 0 Å². The standard InChI is InChI=1S/C48H35NSSi/c1-5-15-36(16-6-1)37-25-27-38(28-26-37)49(40-31-34-48-46(35-40)45-23-13-14-24-47(45)50-48)39-29-32-44(33-30-39)51(41-17-7-2-8-18-41,42-19-9-3-10-20-42)43-21-11-4-12-22-43/h1-35H. The smallest absolute Gasteiger partial charge is 0.179 e. The predicted molar refractivity (Wildman–Crippen MR) is 223 cm³/mol. The van der Waals surface area contributed by atoms with E-state index < -0.39 is 8.07 Å². The molecular weight excluding hydrogens is 651 g/mol. The molecule has 0 radical (unpaired) electrons. The van der Waals surface area contributed by atoms with Gasteiger partial charge in [0.2, 0.25) is 0 Å². The summed E-state index contributed by atoms with van der Waals surface area (Å²) in [4.78, 5) is 2.40. The fourth-order valence-corrected chi connectivity index (χ4v) is 13.5. The van der Waals surface area contributed by atoms with E-state index in [1.54, 1.807) is 0 Å². The molecule has 0 amide bonds. The molecule has 0 saturated heterocycles. The van der Waals surface area contributed by atoms with Crippen LogP contribution >= 0.6 is 11.3 Å². The van der Waals surface area contributed by atoms with Crippen LogP contribution in [0.4, 0.5) is 17.1 Å². The quantitative estimate of drug-likeness (QED) is 0.114. The van der Waals surface area contributed by atoms with Crippen molar-refractivity contribution < 1.29 is 0 Å². The lowest BCUT2D eigenvalue weighted by molar-refractivity contribution is 1.29. The van der Waals surface area contributed by atoms with Gasteiger partial charge < -0.3 is 4.90 Å². The highest BCUT2D eigenvalue weighted by molar-refractivity contribution is 7.25. The van der Waals surface area contributed by atoms with Gasteiger partial charge in [0.25, 0.3) is 0 Å². The van der Waals surface area contributed by atoms with Crippen molar-refractivity contribution in [2.75, 3.05) is 4.90 Å². The SMILES string of the molecule is c1ccc(-c2ccc(N(c3ccc([Si](c4ccccc4)(c4ccccc4)c4ccccc4)cc3)c3ccc4sc5ccccc5c4c3)cc2)cc1. The zero-order chi connectivity index (χ0) is 34.0. The Bertz CT molecular complexity index is 2450. The van der Waals surface area contributed by atoms with E-state index >= 15 is 0 Å². The van der Waals surface area contributed by atoms with Crippen LogP contribution in [0.25, 0.3) is 31.3 Å². The Hall–Kier alpha value is -6.00. The fraction of sp³-hybridized carbons (Fsp3) is 0. The van der Waals surface area contributed by atoms with Gasteiger partial charge in [-0.1, -0.05) is 164 Å². The Labute approximate surface area is 304 Å². The van der Waals surface area contributed by atoms with Crippen LogP contribution in [0.5, 0.6) is 0 Å². The van der Waals surface area contributed by atoms with E-state index in [-0.39, 0.29) is 0 Å². The maximum atomic E-state index is 2.40. The van der Waals surface area contributed by atoms with E-state index in [0.29, 0.717) is 0 Å². The number of anilines is 3. The number of thiophene rings is 1. The maximum absolute atomic E-state index is 2.64. The molecule has 0 unspecified atom stereocenters. The first-order chi connectivity index (χ1) is 25.3. The summed E-state index contributed by atoms with van der Waals surface area (Å²) in [6.45, 7) is 0. The lowest BCUT2D eigenvalue weighted by atomic mass is 10.0. The summed E-state index contributed by atoms with van der Waals surface area (Å²) in [6.07, 6.45) is 0. The van der Waals surface area contributed by atoms with Gasteiger partial charge in [0, 0.05) is 37.2 Å². The van der Waals surface area contributed by atoms with Crippen molar-refractivity contribution >= 4 is 77.4 Å². The van der Waals surface area contributed by atoms with Crippen molar-refractivity contribution in [3.05, 3.63) is 212 Å². The predicted octanol–water partition coefficient (Wildman–Crippen LogP) is 10.6. The van der Waals surface area contributed by atoms with Crippen LogP contribution in [0, 0.1) is 0 Å². The highest BCUT2D eigenvalue weighted by Crippen LogP contribution is 2.40. The molecule has 0 N–H and O–H groups in total. The first-order valence-electron chi connectivity index (χ1n) is 17.4. The van der Waals surface area contributed by atoms with Crippen LogP contribution in [-0.2, 0) is 0 Å². The highest BCUT2D eigenvalue weighted by atomic mass is 32.1. The molecule has 0 aliphatic heterocycles. The summed E-state index contributed by atoms with van der Waals surface area (Å²) in [7, 11) is -2.64. The summed E-state index contributed by atoms with van der Waals surface area (Å²) in [5.41, 5.74) is 5.82. The number of hydrogen-bond donors (Lipinski definition) is 0. The molecule has 0 bridgehead atoms. The first-order valence-corrected chi connectivity index (χ1v) is 20.2. The summed E-state index contributed by atoms with van der Waals surface area (Å²) in [5, 5.41) is 8.07. The van der Waals surface area contributed by atoms with Crippen LogP contribution in [-0.4, -0.2) is 8.07 Å². The zero-order valence-corrected chi connectivity index (χ0v) is 29.9. The van der Waals surface area contributed by atoms with E-state index in [1.807, 2.05) is 11.3 Å². The second kappa shape index (κ2) is 13.4. The molecular formula is C48H35NSSi. The van der Waals surface area contributed by atoms with Gasteiger partial charge in [-0.05, 0) is 80.4 Å².